The zero-order chi connectivity index (χ0) is 25.7. The van der Waals surface area contributed by atoms with Crippen molar-refractivity contribution in [2.45, 2.75) is 20.3 Å². The Hall–Kier alpha value is -3.82. The molecule has 3 aromatic carbocycles. The van der Waals surface area contributed by atoms with Gasteiger partial charge in [-0.05, 0) is 115 Å². The van der Waals surface area contributed by atoms with Crippen LogP contribution in [0.5, 0.6) is 11.5 Å². The molecule has 1 aromatic heterocycles. The number of hydrogen-bond donors (Lipinski definition) is 5. The second kappa shape index (κ2) is 11.3. The molecule has 0 amide bonds. The Morgan fingerprint density at radius 2 is 1.72 bits per heavy atom. The van der Waals surface area contributed by atoms with Crippen LogP contribution in [0.2, 0.25) is 0 Å². The van der Waals surface area contributed by atoms with Crippen LogP contribution in [0.25, 0.3) is 11.8 Å². The predicted molar refractivity (Wildman–Crippen MR) is 152 cm³/mol. The number of aryl methyl sites for hydroxylation is 2. The molecule has 0 bridgehead atoms. The second-order valence-electron chi connectivity index (χ2n) is 8.39. The minimum absolute atomic E-state index is 0.301. The molecule has 0 saturated heterocycles. The fraction of sp³-hybridized carbons (Fsp3) is 0.185. The van der Waals surface area contributed by atoms with Crippen LogP contribution in [-0.4, -0.2) is 33.6 Å². The van der Waals surface area contributed by atoms with Gasteiger partial charge in [0, 0.05) is 18.4 Å². The topological polar surface area (TPSA) is 90.0 Å². The van der Waals surface area contributed by atoms with Gasteiger partial charge in [-0.1, -0.05) is 18.2 Å². The summed E-state index contributed by atoms with van der Waals surface area (Å²) in [4.78, 5) is 0. The summed E-state index contributed by atoms with van der Waals surface area (Å²) in [6.07, 6.45) is 4.93. The first kappa shape index (κ1) is 25.3. The van der Waals surface area contributed by atoms with Crippen LogP contribution in [0, 0.1) is 23.4 Å². The first-order valence-electron chi connectivity index (χ1n) is 11.5. The molecular weight excluding hydrogens is 490 g/mol. The number of allylic oxidation sites excluding steroid dienone is 1. The Labute approximate surface area is 220 Å². The normalized spacial score (nSPS) is 11.1. The van der Waals surface area contributed by atoms with Gasteiger partial charge in [0.1, 0.15) is 11.5 Å². The molecule has 0 aliphatic carbocycles. The number of phenolic OH excluding ortho intramolecular Hbond substituents is 1. The van der Waals surface area contributed by atoms with Crippen LogP contribution in [0.4, 0.5) is 11.4 Å². The molecule has 0 radical (unpaired) electrons. The van der Waals surface area contributed by atoms with Crippen LogP contribution >= 0.6 is 24.4 Å². The van der Waals surface area contributed by atoms with E-state index in [-0.39, 0.29) is 0 Å². The molecule has 0 spiro atoms. The fourth-order valence-corrected chi connectivity index (χ4v) is 4.54. The molecule has 186 valence electrons. The zero-order valence-corrected chi connectivity index (χ0v) is 22.0. The van der Waals surface area contributed by atoms with E-state index in [1.165, 1.54) is 0 Å². The number of aromatic nitrogens is 3. The van der Waals surface area contributed by atoms with E-state index in [1.54, 1.807) is 4.57 Å². The van der Waals surface area contributed by atoms with Gasteiger partial charge in [-0.2, -0.15) is 0 Å². The molecule has 0 atom stereocenters. The second-order valence-corrected chi connectivity index (χ2v) is 9.16. The third kappa shape index (κ3) is 5.87. The number of ether oxygens (including phenoxy) is 1. The minimum atomic E-state index is 0.301. The molecule has 1 heterocycles. The average molecular weight is 520 g/mol. The first-order chi connectivity index (χ1) is 17.4. The van der Waals surface area contributed by atoms with Crippen LogP contribution < -0.4 is 15.4 Å². The Kier molecular flexibility index (Phi) is 7.92. The largest absolute Gasteiger partial charge is 0.507 e. The fourth-order valence-electron chi connectivity index (χ4n) is 3.98. The lowest BCUT2D eigenvalue weighted by molar-refractivity contribution is 0.346. The van der Waals surface area contributed by atoms with E-state index >= 15 is 0 Å². The zero-order valence-electron chi connectivity index (χ0n) is 20.4. The van der Waals surface area contributed by atoms with Gasteiger partial charge in [-0.3, -0.25) is 14.8 Å². The summed E-state index contributed by atoms with van der Waals surface area (Å²) in [7, 11) is 1.91. The highest BCUT2D eigenvalue weighted by molar-refractivity contribution is 7.72. The van der Waals surface area contributed by atoms with Crippen molar-refractivity contribution in [2.24, 2.45) is 0 Å². The Morgan fingerprint density at radius 1 is 1.00 bits per heavy atom. The molecule has 0 unspecified atom stereocenters. The number of hydrogen-bond acceptors (Lipinski definition) is 6. The number of H-pyrrole nitrogens is 2. The van der Waals surface area contributed by atoms with Gasteiger partial charge in [0.15, 0.2) is 16.3 Å². The lowest BCUT2D eigenvalue weighted by atomic mass is 10.0. The van der Waals surface area contributed by atoms with E-state index < -0.39 is 0 Å². The van der Waals surface area contributed by atoms with Crippen molar-refractivity contribution in [3.05, 3.63) is 92.5 Å². The van der Waals surface area contributed by atoms with Crippen molar-refractivity contribution < 1.29 is 9.84 Å². The highest BCUT2D eigenvalue weighted by atomic mass is 32.1. The van der Waals surface area contributed by atoms with Gasteiger partial charge in [-0.15, -0.1) is 0 Å². The summed E-state index contributed by atoms with van der Waals surface area (Å²) in [5.74, 6) is 1.12. The number of anilines is 2. The van der Waals surface area contributed by atoms with E-state index in [4.69, 9.17) is 29.2 Å². The van der Waals surface area contributed by atoms with Gasteiger partial charge in [0.05, 0.1) is 5.69 Å². The van der Waals surface area contributed by atoms with Crippen molar-refractivity contribution in [3.63, 3.8) is 0 Å². The molecule has 0 saturated carbocycles. The van der Waals surface area contributed by atoms with Gasteiger partial charge >= 0.3 is 0 Å². The molecular formula is C27H29N5O2S2. The number of aromatic hydroxyl groups is 1. The number of rotatable bonds is 9. The average Bonchev–Trinajstić information content (AvgIpc) is 3.20. The number of nitrogens with zero attached hydrogens (tertiary/aromatic N) is 1. The Morgan fingerprint density at radius 3 is 2.42 bits per heavy atom. The number of benzene rings is 3. The molecule has 7 nitrogen and oxygen atoms in total. The summed E-state index contributed by atoms with van der Waals surface area (Å²) in [6.45, 7) is 4.12. The summed E-state index contributed by atoms with van der Waals surface area (Å²) in [5.41, 5.74) is 6.73. The Bertz CT molecular complexity index is 1470. The standard InChI is InChI=1S/C27H29N5O2S2/c1-17-12-19(13-18(2)25(17)33)6-4-7-20-14-23(10-11-24(20)28-3)34-16-29-21-8-5-9-22(15-21)32-26(35)30-31-27(32)36/h4-6,8-15,28-29,33H,7,16H2,1-3H3,(H,30,35)(H,31,36)/b6-4-. The Balaban J connectivity index is 1.41. The van der Waals surface area contributed by atoms with Gasteiger partial charge < -0.3 is 20.5 Å². The smallest absolute Gasteiger partial charge is 0.198 e. The van der Waals surface area contributed by atoms with Crippen LogP contribution in [0.15, 0.2) is 60.7 Å². The van der Waals surface area contributed by atoms with Gasteiger partial charge in [-0.25, -0.2) is 0 Å². The van der Waals surface area contributed by atoms with E-state index in [1.807, 2.05) is 75.5 Å². The van der Waals surface area contributed by atoms with Crippen LogP contribution in [0.3, 0.4) is 0 Å². The molecule has 9 heteroatoms. The van der Waals surface area contributed by atoms with E-state index in [0.717, 1.165) is 51.5 Å². The number of nitrogens with one attached hydrogen (secondary N) is 4. The molecule has 0 aliphatic rings. The molecule has 0 aliphatic heterocycles. The van der Waals surface area contributed by atoms with E-state index in [9.17, 15) is 5.11 Å². The van der Waals surface area contributed by atoms with Crippen LogP contribution in [0.1, 0.15) is 22.3 Å². The lowest BCUT2D eigenvalue weighted by Crippen LogP contribution is -2.09. The third-order valence-corrected chi connectivity index (χ3v) is 6.38. The quantitative estimate of drug-likeness (QED) is 0.125. The van der Waals surface area contributed by atoms with Gasteiger partial charge in [0.25, 0.3) is 0 Å². The maximum absolute atomic E-state index is 9.99. The summed E-state index contributed by atoms with van der Waals surface area (Å²) < 4.78 is 8.76. The van der Waals surface area contributed by atoms with Crippen molar-refractivity contribution in [1.29, 1.82) is 0 Å². The maximum atomic E-state index is 9.99. The van der Waals surface area contributed by atoms with E-state index in [0.29, 0.717) is 22.0 Å². The predicted octanol–water partition coefficient (Wildman–Crippen LogP) is 6.66. The van der Waals surface area contributed by atoms with Crippen molar-refractivity contribution in [2.75, 3.05) is 24.4 Å². The van der Waals surface area contributed by atoms with Gasteiger partial charge in [0.2, 0.25) is 0 Å². The summed E-state index contributed by atoms with van der Waals surface area (Å²) >= 11 is 10.6. The van der Waals surface area contributed by atoms with E-state index in [2.05, 4.69) is 33.0 Å². The monoisotopic (exact) mass is 519 g/mol. The lowest BCUT2D eigenvalue weighted by Gasteiger charge is -2.13. The summed E-state index contributed by atoms with van der Waals surface area (Å²) in [5, 5.41) is 22.2. The molecule has 4 aromatic rings. The highest BCUT2D eigenvalue weighted by Gasteiger charge is 2.06. The maximum Gasteiger partial charge on any atom is 0.198 e. The summed E-state index contributed by atoms with van der Waals surface area (Å²) in [6, 6.07) is 17.8. The first-order valence-corrected chi connectivity index (χ1v) is 12.3. The molecule has 0 fully saturated rings. The third-order valence-electron chi connectivity index (χ3n) is 5.81. The highest BCUT2D eigenvalue weighted by Crippen LogP contribution is 2.25. The van der Waals surface area contributed by atoms with Crippen LogP contribution in [-0.2, 0) is 6.42 Å². The number of aromatic amines is 2. The molecule has 4 rings (SSSR count). The van der Waals surface area contributed by atoms with Crippen molar-refractivity contribution in [1.82, 2.24) is 14.8 Å². The van der Waals surface area contributed by atoms with Crippen molar-refractivity contribution >= 4 is 41.9 Å². The number of phenols is 1. The minimum Gasteiger partial charge on any atom is -0.507 e. The molecule has 36 heavy (non-hydrogen) atoms. The SMILES string of the molecule is CNc1ccc(OCNc2cccc(-n3c(=S)[nH][nH]c3=S)c2)cc1C/C=C\c1cc(C)c(O)c(C)c1. The van der Waals surface area contributed by atoms with Crippen molar-refractivity contribution in [3.8, 4) is 17.2 Å². The molecule has 5 N–H and O–H groups in total.